The standard InChI is InChI=1S/C23H29N3/c1-5-6-7-9-12-20-15-17(2)22(18(3)16-20)26-23(24-19(4)25-26)21-13-10-8-11-14-21/h8,10-11,13-16H,5-7,9,12H2,1-4H3. The van der Waals surface area contributed by atoms with E-state index in [1.54, 1.807) is 0 Å². The molecular weight excluding hydrogens is 318 g/mol. The Balaban J connectivity index is 1.95. The third-order valence-electron chi connectivity index (χ3n) is 4.83. The summed E-state index contributed by atoms with van der Waals surface area (Å²) >= 11 is 0. The Labute approximate surface area is 157 Å². The van der Waals surface area contributed by atoms with Gasteiger partial charge in [0.15, 0.2) is 5.82 Å². The van der Waals surface area contributed by atoms with Gasteiger partial charge in [-0.1, -0.05) is 68.7 Å². The molecule has 0 N–H and O–H groups in total. The molecule has 3 aromatic rings. The van der Waals surface area contributed by atoms with Crippen LogP contribution in [0.5, 0.6) is 0 Å². The van der Waals surface area contributed by atoms with E-state index in [1.807, 2.05) is 29.8 Å². The Kier molecular flexibility index (Phi) is 5.87. The lowest BCUT2D eigenvalue weighted by atomic mass is 9.99. The van der Waals surface area contributed by atoms with Gasteiger partial charge in [0, 0.05) is 5.56 Å². The molecule has 0 fully saturated rings. The summed E-state index contributed by atoms with van der Waals surface area (Å²) < 4.78 is 2.01. The number of nitrogens with zero attached hydrogens (tertiary/aromatic N) is 3. The molecule has 3 heteroatoms. The first kappa shape index (κ1) is 18.4. The number of aromatic nitrogens is 3. The molecule has 3 rings (SSSR count). The fourth-order valence-corrected chi connectivity index (χ4v) is 3.62. The van der Waals surface area contributed by atoms with E-state index < -0.39 is 0 Å². The molecular formula is C23H29N3. The van der Waals surface area contributed by atoms with Gasteiger partial charge in [-0.25, -0.2) is 9.67 Å². The minimum absolute atomic E-state index is 0.797. The largest absolute Gasteiger partial charge is 0.212 e. The van der Waals surface area contributed by atoms with Crippen molar-refractivity contribution >= 4 is 0 Å². The zero-order valence-electron chi connectivity index (χ0n) is 16.4. The maximum Gasteiger partial charge on any atom is 0.163 e. The van der Waals surface area contributed by atoms with Crippen LogP contribution in [0.2, 0.25) is 0 Å². The quantitative estimate of drug-likeness (QED) is 0.492. The fourth-order valence-electron chi connectivity index (χ4n) is 3.62. The summed E-state index contributed by atoms with van der Waals surface area (Å²) in [6.07, 6.45) is 6.35. The second-order valence-corrected chi connectivity index (χ2v) is 7.15. The summed E-state index contributed by atoms with van der Waals surface area (Å²) in [5, 5.41) is 4.70. The molecule has 1 heterocycles. The fraction of sp³-hybridized carbons (Fsp3) is 0.391. The molecule has 0 aliphatic rings. The molecule has 0 spiro atoms. The SMILES string of the molecule is CCCCCCc1cc(C)c(-n2nc(C)nc2-c2ccccc2)c(C)c1. The van der Waals surface area contributed by atoms with Crippen LogP contribution in [0, 0.1) is 20.8 Å². The molecule has 136 valence electrons. The van der Waals surface area contributed by atoms with Gasteiger partial charge in [0.05, 0.1) is 5.69 Å². The van der Waals surface area contributed by atoms with Gasteiger partial charge in [-0.3, -0.25) is 0 Å². The monoisotopic (exact) mass is 347 g/mol. The maximum atomic E-state index is 4.70. The van der Waals surface area contributed by atoms with E-state index in [9.17, 15) is 0 Å². The van der Waals surface area contributed by atoms with Crippen molar-refractivity contribution in [3.63, 3.8) is 0 Å². The topological polar surface area (TPSA) is 30.7 Å². The van der Waals surface area contributed by atoms with E-state index in [-0.39, 0.29) is 0 Å². The highest BCUT2D eigenvalue weighted by Crippen LogP contribution is 2.27. The zero-order valence-corrected chi connectivity index (χ0v) is 16.4. The van der Waals surface area contributed by atoms with Gasteiger partial charge in [-0.2, -0.15) is 5.10 Å². The van der Waals surface area contributed by atoms with Gasteiger partial charge in [-0.05, 0) is 50.3 Å². The molecule has 3 nitrogen and oxygen atoms in total. The normalized spacial score (nSPS) is 11.1. The van der Waals surface area contributed by atoms with Gasteiger partial charge in [0.1, 0.15) is 5.82 Å². The van der Waals surface area contributed by atoms with E-state index in [1.165, 1.54) is 42.4 Å². The van der Waals surface area contributed by atoms with Crippen molar-refractivity contribution < 1.29 is 0 Å². The predicted molar refractivity (Wildman–Crippen MR) is 109 cm³/mol. The first-order valence-electron chi connectivity index (χ1n) is 9.69. The number of benzene rings is 2. The molecule has 0 aliphatic carbocycles. The minimum atomic E-state index is 0.797. The van der Waals surface area contributed by atoms with Crippen LogP contribution in [0.4, 0.5) is 0 Å². The summed E-state index contributed by atoms with van der Waals surface area (Å²) in [6, 6.07) is 14.9. The van der Waals surface area contributed by atoms with Gasteiger partial charge < -0.3 is 0 Å². The molecule has 0 bridgehead atoms. The molecule has 0 amide bonds. The van der Waals surface area contributed by atoms with Crippen molar-refractivity contribution in [1.82, 2.24) is 14.8 Å². The first-order valence-corrected chi connectivity index (χ1v) is 9.69. The zero-order chi connectivity index (χ0) is 18.5. The third-order valence-corrected chi connectivity index (χ3v) is 4.83. The average molecular weight is 348 g/mol. The number of rotatable bonds is 7. The number of hydrogen-bond donors (Lipinski definition) is 0. The molecule has 0 atom stereocenters. The van der Waals surface area contributed by atoms with Crippen LogP contribution in [-0.4, -0.2) is 14.8 Å². The van der Waals surface area contributed by atoms with Crippen molar-refractivity contribution in [3.05, 3.63) is 65.0 Å². The smallest absolute Gasteiger partial charge is 0.163 e. The molecule has 0 saturated heterocycles. The summed E-state index contributed by atoms with van der Waals surface area (Å²) in [6.45, 7) is 8.58. The van der Waals surface area contributed by atoms with Crippen molar-refractivity contribution in [1.29, 1.82) is 0 Å². The van der Waals surface area contributed by atoms with Crippen molar-refractivity contribution in [2.45, 2.75) is 59.8 Å². The predicted octanol–water partition coefficient (Wildman–Crippen LogP) is 5.98. The lowest BCUT2D eigenvalue weighted by molar-refractivity contribution is 0.666. The lowest BCUT2D eigenvalue weighted by Gasteiger charge is -2.14. The Hall–Kier alpha value is -2.42. The Morgan fingerprint density at radius 3 is 2.23 bits per heavy atom. The van der Waals surface area contributed by atoms with Crippen LogP contribution < -0.4 is 0 Å². The van der Waals surface area contributed by atoms with Gasteiger partial charge in [0.2, 0.25) is 0 Å². The van der Waals surface area contributed by atoms with Crippen LogP contribution in [0.15, 0.2) is 42.5 Å². The maximum absolute atomic E-state index is 4.70. The Morgan fingerprint density at radius 1 is 0.885 bits per heavy atom. The van der Waals surface area contributed by atoms with E-state index in [2.05, 4.69) is 50.0 Å². The number of hydrogen-bond acceptors (Lipinski definition) is 2. The second kappa shape index (κ2) is 8.31. The minimum Gasteiger partial charge on any atom is -0.212 e. The molecule has 26 heavy (non-hydrogen) atoms. The molecule has 0 unspecified atom stereocenters. The molecule has 2 aromatic carbocycles. The second-order valence-electron chi connectivity index (χ2n) is 7.15. The highest BCUT2D eigenvalue weighted by molar-refractivity contribution is 5.60. The molecule has 0 radical (unpaired) electrons. The third kappa shape index (κ3) is 4.04. The van der Waals surface area contributed by atoms with Crippen LogP contribution in [0.25, 0.3) is 17.1 Å². The van der Waals surface area contributed by atoms with Crippen LogP contribution in [-0.2, 0) is 6.42 Å². The van der Waals surface area contributed by atoms with Crippen LogP contribution in [0.3, 0.4) is 0 Å². The highest BCUT2D eigenvalue weighted by atomic mass is 15.4. The summed E-state index contributed by atoms with van der Waals surface area (Å²) in [5.41, 5.74) is 6.20. The van der Waals surface area contributed by atoms with Crippen LogP contribution in [0.1, 0.15) is 55.1 Å². The van der Waals surface area contributed by atoms with E-state index in [0.29, 0.717) is 0 Å². The lowest BCUT2D eigenvalue weighted by Crippen LogP contribution is -2.05. The Morgan fingerprint density at radius 2 is 1.58 bits per heavy atom. The van der Waals surface area contributed by atoms with Gasteiger partial charge >= 0.3 is 0 Å². The molecule has 1 aromatic heterocycles. The first-order chi connectivity index (χ1) is 12.6. The van der Waals surface area contributed by atoms with Crippen molar-refractivity contribution in [3.8, 4) is 17.1 Å². The van der Waals surface area contributed by atoms with E-state index in [4.69, 9.17) is 5.10 Å². The molecule has 0 aliphatic heterocycles. The van der Waals surface area contributed by atoms with Crippen molar-refractivity contribution in [2.24, 2.45) is 0 Å². The van der Waals surface area contributed by atoms with Gasteiger partial charge in [0.25, 0.3) is 0 Å². The molecule has 0 saturated carbocycles. The summed E-state index contributed by atoms with van der Waals surface area (Å²) in [4.78, 5) is 4.68. The number of unbranched alkanes of at least 4 members (excludes halogenated alkanes) is 3. The van der Waals surface area contributed by atoms with E-state index in [0.717, 1.165) is 29.3 Å². The van der Waals surface area contributed by atoms with Crippen molar-refractivity contribution in [2.75, 3.05) is 0 Å². The summed E-state index contributed by atoms with van der Waals surface area (Å²) in [5.74, 6) is 1.70. The highest BCUT2D eigenvalue weighted by Gasteiger charge is 2.15. The van der Waals surface area contributed by atoms with E-state index >= 15 is 0 Å². The summed E-state index contributed by atoms with van der Waals surface area (Å²) in [7, 11) is 0. The van der Waals surface area contributed by atoms with Gasteiger partial charge in [-0.15, -0.1) is 0 Å². The average Bonchev–Trinajstić information content (AvgIpc) is 3.00. The van der Waals surface area contributed by atoms with Crippen LogP contribution >= 0.6 is 0 Å². The number of aryl methyl sites for hydroxylation is 4. The Bertz CT molecular complexity index is 839.